The van der Waals surface area contributed by atoms with E-state index in [2.05, 4.69) is 10.2 Å². The van der Waals surface area contributed by atoms with E-state index in [-0.39, 0.29) is 23.0 Å². The molecule has 2 aliphatic rings. The number of likely N-dealkylation sites (tertiary alicyclic amines) is 1. The molecule has 1 amide bonds. The molecule has 1 saturated heterocycles. The van der Waals surface area contributed by atoms with Crippen LogP contribution in [0.4, 0.5) is 0 Å². The lowest BCUT2D eigenvalue weighted by atomic mass is 9.82. The van der Waals surface area contributed by atoms with E-state index in [9.17, 15) is 14.7 Å². The molecule has 0 saturated carbocycles. The average molecular weight is 463 g/mol. The van der Waals surface area contributed by atoms with E-state index in [4.69, 9.17) is 27.9 Å². The van der Waals surface area contributed by atoms with E-state index < -0.39 is 5.60 Å². The summed E-state index contributed by atoms with van der Waals surface area (Å²) < 4.78 is 6.31. The van der Waals surface area contributed by atoms with Crippen LogP contribution in [-0.4, -0.2) is 53.5 Å². The van der Waals surface area contributed by atoms with Gasteiger partial charge in [0.2, 0.25) is 0 Å². The van der Waals surface area contributed by atoms with Crippen molar-refractivity contribution in [2.75, 3.05) is 26.2 Å². The van der Waals surface area contributed by atoms with E-state index in [1.807, 2.05) is 0 Å². The van der Waals surface area contributed by atoms with Crippen LogP contribution >= 0.6 is 23.2 Å². The highest BCUT2D eigenvalue weighted by molar-refractivity contribution is 6.39. The minimum absolute atomic E-state index is 0.0571. The lowest BCUT2D eigenvalue weighted by molar-refractivity contribution is -0.00926. The largest absolute Gasteiger partial charge is 0.508 e. The van der Waals surface area contributed by atoms with Crippen molar-refractivity contribution >= 4 is 34.9 Å². The van der Waals surface area contributed by atoms with Gasteiger partial charge in [-0.3, -0.25) is 9.59 Å². The molecule has 8 heteroatoms. The summed E-state index contributed by atoms with van der Waals surface area (Å²) in [5, 5.41) is 13.5. The van der Waals surface area contributed by atoms with Crippen molar-refractivity contribution < 1.29 is 19.4 Å². The van der Waals surface area contributed by atoms with Crippen LogP contribution in [0.15, 0.2) is 30.3 Å². The molecule has 0 bridgehead atoms. The molecule has 31 heavy (non-hydrogen) atoms. The highest BCUT2D eigenvalue weighted by Gasteiger charge is 2.43. The van der Waals surface area contributed by atoms with Gasteiger partial charge >= 0.3 is 0 Å². The van der Waals surface area contributed by atoms with E-state index in [1.54, 1.807) is 37.3 Å². The molecule has 0 radical (unpaired) electrons. The highest BCUT2D eigenvalue weighted by Crippen LogP contribution is 2.43. The quantitative estimate of drug-likeness (QED) is 0.710. The average Bonchev–Trinajstić information content (AvgIpc) is 2.73. The minimum atomic E-state index is -0.534. The Morgan fingerprint density at radius 2 is 1.87 bits per heavy atom. The first kappa shape index (κ1) is 21.9. The van der Waals surface area contributed by atoms with Gasteiger partial charge in [0.05, 0.1) is 27.6 Å². The molecule has 2 N–H and O–H groups in total. The van der Waals surface area contributed by atoms with Crippen molar-refractivity contribution in [2.24, 2.45) is 0 Å². The Morgan fingerprint density at radius 1 is 1.19 bits per heavy atom. The number of carbonyl (C=O) groups is 2. The summed E-state index contributed by atoms with van der Waals surface area (Å²) in [5.74, 6) is 0.405. The van der Waals surface area contributed by atoms with Gasteiger partial charge in [-0.25, -0.2) is 0 Å². The molecule has 1 fully saturated rings. The molecule has 4 rings (SSSR count). The van der Waals surface area contributed by atoms with Crippen LogP contribution < -0.4 is 10.1 Å². The zero-order valence-electron chi connectivity index (χ0n) is 17.2. The third-order valence-electron chi connectivity index (χ3n) is 6.15. The minimum Gasteiger partial charge on any atom is -0.508 e. The van der Waals surface area contributed by atoms with Crippen molar-refractivity contribution in [3.8, 4) is 11.5 Å². The van der Waals surface area contributed by atoms with Gasteiger partial charge in [0.15, 0.2) is 5.78 Å². The number of fused-ring (bicyclic) bond motifs is 1. The molecule has 6 nitrogen and oxygen atoms in total. The summed E-state index contributed by atoms with van der Waals surface area (Å²) in [7, 11) is 0. The number of hydrogen-bond donors (Lipinski definition) is 2. The Balaban J connectivity index is 1.33. The van der Waals surface area contributed by atoms with Crippen LogP contribution in [0.5, 0.6) is 11.5 Å². The molecular weight excluding hydrogens is 439 g/mol. The van der Waals surface area contributed by atoms with Crippen molar-refractivity contribution in [1.82, 2.24) is 10.2 Å². The number of ether oxygens (including phenoxy) is 1. The Bertz CT molecular complexity index is 1010. The summed E-state index contributed by atoms with van der Waals surface area (Å²) in [6, 6.07) is 8.15. The van der Waals surface area contributed by atoms with E-state index in [0.717, 1.165) is 13.1 Å². The summed E-state index contributed by atoms with van der Waals surface area (Å²) in [6.07, 6.45) is 1.76. The Hall–Kier alpha value is -2.28. The Morgan fingerprint density at radius 3 is 2.55 bits per heavy atom. The second kappa shape index (κ2) is 8.69. The zero-order chi connectivity index (χ0) is 22.2. The fourth-order valence-electron chi connectivity index (χ4n) is 4.27. The number of halogens is 2. The summed E-state index contributed by atoms with van der Waals surface area (Å²) in [6.45, 7) is 4.41. The first-order valence-electron chi connectivity index (χ1n) is 10.3. The van der Waals surface area contributed by atoms with Crippen LogP contribution in [0.25, 0.3) is 0 Å². The lowest BCUT2D eigenvalue weighted by Crippen LogP contribution is -2.52. The number of phenols is 1. The number of nitrogens with zero attached hydrogens (tertiary/aromatic N) is 1. The third kappa shape index (κ3) is 4.38. The molecule has 0 atom stereocenters. The first-order valence-corrected chi connectivity index (χ1v) is 11.0. The fourth-order valence-corrected chi connectivity index (χ4v) is 4.84. The number of carbonyl (C=O) groups excluding carboxylic acids is 2. The molecule has 2 heterocycles. The van der Waals surface area contributed by atoms with E-state index in [0.29, 0.717) is 59.3 Å². The number of benzene rings is 2. The van der Waals surface area contributed by atoms with Crippen LogP contribution in [0.2, 0.25) is 10.0 Å². The maximum Gasteiger partial charge on any atom is 0.254 e. The molecule has 2 aromatic rings. The van der Waals surface area contributed by atoms with E-state index >= 15 is 0 Å². The van der Waals surface area contributed by atoms with Gasteiger partial charge in [-0.15, -0.1) is 0 Å². The number of phenolic OH excluding ortho intramolecular Hbond substituents is 1. The SMILES string of the molecule is Cc1c(O)ccc2c1OC1(CCN(CCNC(=O)c3c(Cl)cccc3Cl)CC1)CC2=O. The second-order valence-corrected chi connectivity index (χ2v) is 8.98. The van der Waals surface area contributed by atoms with Gasteiger partial charge in [-0.2, -0.15) is 0 Å². The zero-order valence-corrected chi connectivity index (χ0v) is 18.7. The number of hydrogen-bond acceptors (Lipinski definition) is 5. The van der Waals surface area contributed by atoms with Gasteiger partial charge in [-0.1, -0.05) is 29.3 Å². The number of aromatic hydroxyl groups is 1. The highest BCUT2D eigenvalue weighted by atomic mass is 35.5. The molecule has 0 aromatic heterocycles. The smallest absolute Gasteiger partial charge is 0.254 e. The second-order valence-electron chi connectivity index (χ2n) is 8.17. The topological polar surface area (TPSA) is 78.9 Å². The molecule has 0 unspecified atom stereocenters. The Kier molecular flexibility index (Phi) is 6.15. The molecule has 2 aromatic carbocycles. The van der Waals surface area contributed by atoms with Gasteiger partial charge in [0.1, 0.15) is 17.1 Å². The summed E-state index contributed by atoms with van der Waals surface area (Å²) in [5.41, 5.74) is 0.903. The number of ketones is 1. The van der Waals surface area contributed by atoms with Crippen LogP contribution in [-0.2, 0) is 0 Å². The number of amides is 1. The predicted octanol–water partition coefficient (Wildman–Crippen LogP) is 4.24. The van der Waals surface area contributed by atoms with Gasteiger partial charge in [0, 0.05) is 44.6 Å². The van der Waals surface area contributed by atoms with Crippen LogP contribution in [0.1, 0.15) is 45.5 Å². The lowest BCUT2D eigenvalue weighted by Gasteiger charge is -2.44. The van der Waals surface area contributed by atoms with Crippen molar-refractivity contribution in [3.05, 3.63) is 57.1 Å². The number of nitrogens with one attached hydrogen (secondary N) is 1. The maximum atomic E-state index is 12.7. The van der Waals surface area contributed by atoms with Crippen LogP contribution in [0, 0.1) is 6.92 Å². The van der Waals surface area contributed by atoms with Crippen molar-refractivity contribution in [2.45, 2.75) is 31.8 Å². The van der Waals surface area contributed by atoms with Crippen molar-refractivity contribution in [3.63, 3.8) is 0 Å². The molecule has 1 spiro atoms. The Labute approximate surface area is 191 Å². The molecule has 2 aliphatic heterocycles. The fraction of sp³-hybridized carbons (Fsp3) is 0.391. The molecular formula is C23H24Cl2N2O4. The maximum absolute atomic E-state index is 12.7. The first-order chi connectivity index (χ1) is 14.8. The van der Waals surface area contributed by atoms with Gasteiger partial charge in [-0.05, 0) is 31.2 Å². The monoisotopic (exact) mass is 462 g/mol. The van der Waals surface area contributed by atoms with Crippen molar-refractivity contribution in [1.29, 1.82) is 0 Å². The standard InChI is InChI=1S/C23H24Cl2N2O4/c1-14-18(28)6-5-15-19(29)13-23(31-21(14)15)7-10-27(11-8-23)12-9-26-22(30)20-16(24)3-2-4-17(20)25/h2-6,28H,7-13H2,1H3,(H,26,30). The molecule has 0 aliphatic carbocycles. The number of rotatable bonds is 4. The van der Waals surface area contributed by atoms with Gasteiger partial charge in [0.25, 0.3) is 5.91 Å². The van der Waals surface area contributed by atoms with Crippen LogP contribution in [0.3, 0.4) is 0 Å². The summed E-state index contributed by atoms with van der Waals surface area (Å²) in [4.78, 5) is 27.3. The number of piperidine rings is 1. The number of Topliss-reactive ketones (excluding diaryl/α,β-unsaturated/α-hetero) is 1. The third-order valence-corrected chi connectivity index (χ3v) is 6.78. The molecule has 164 valence electrons. The predicted molar refractivity (Wildman–Crippen MR) is 120 cm³/mol. The normalized spacial score (nSPS) is 17.8. The van der Waals surface area contributed by atoms with Gasteiger partial charge < -0.3 is 20.1 Å². The van der Waals surface area contributed by atoms with E-state index in [1.165, 1.54) is 0 Å². The summed E-state index contributed by atoms with van der Waals surface area (Å²) >= 11 is 12.2.